The van der Waals surface area contributed by atoms with Gasteiger partial charge in [0.15, 0.2) is 0 Å². The van der Waals surface area contributed by atoms with Gasteiger partial charge in [0.05, 0.1) is 19.3 Å². The minimum Gasteiger partial charge on any atom is -0.389 e. The van der Waals surface area contributed by atoms with E-state index in [1.165, 1.54) is 69.8 Å². The second-order valence-corrected chi connectivity index (χ2v) is 7.94. The number of rotatable bonds is 8. The van der Waals surface area contributed by atoms with Crippen LogP contribution in [0, 0.1) is 0 Å². The number of aliphatic hydroxyl groups is 1. The second kappa shape index (κ2) is 10.3. The molecule has 1 aromatic rings. The fraction of sp³-hybridized carbons (Fsp3) is 0.727. The largest absolute Gasteiger partial charge is 0.389 e. The van der Waals surface area contributed by atoms with Crippen LogP contribution < -0.4 is 0 Å². The van der Waals surface area contributed by atoms with E-state index in [1.807, 2.05) is 18.2 Å². The van der Waals surface area contributed by atoms with E-state index < -0.39 is 0 Å². The van der Waals surface area contributed by atoms with Gasteiger partial charge in [-0.3, -0.25) is 4.90 Å². The Morgan fingerprint density at radius 3 is 2.00 bits per heavy atom. The smallest absolute Gasteiger partial charge is 0.0900 e. The lowest BCUT2D eigenvalue weighted by molar-refractivity contribution is -0.0183. The number of ether oxygens (including phenoxy) is 1. The van der Waals surface area contributed by atoms with Crippen LogP contribution in [0.25, 0.3) is 0 Å². The van der Waals surface area contributed by atoms with E-state index in [0.717, 1.165) is 6.54 Å². The van der Waals surface area contributed by atoms with Crippen molar-refractivity contribution in [3.05, 3.63) is 35.9 Å². The molecule has 2 fully saturated rings. The Labute approximate surface area is 153 Å². The SMILES string of the molecule is O[C@H](COCc1ccccc1)CN(C1CCCCC1)C1CCCCC1. The van der Waals surface area contributed by atoms with Crippen LogP contribution in [0.4, 0.5) is 0 Å². The maximum atomic E-state index is 10.6. The first-order valence-electron chi connectivity index (χ1n) is 10.4. The molecule has 0 heterocycles. The van der Waals surface area contributed by atoms with Gasteiger partial charge in [-0.15, -0.1) is 0 Å². The van der Waals surface area contributed by atoms with Crippen molar-refractivity contribution in [2.45, 2.75) is 89.0 Å². The lowest BCUT2D eigenvalue weighted by Crippen LogP contribution is -2.49. The van der Waals surface area contributed by atoms with Crippen LogP contribution in [0.3, 0.4) is 0 Å². The summed E-state index contributed by atoms with van der Waals surface area (Å²) < 4.78 is 5.78. The van der Waals surface area contributed by atoms with Crippen LogP contribution >= 0.6 is 0 Å². The molecule has 2 aliphatic rings. The predicted molar refractivity (Wildman–Crippen MR) is 103 cm³/mol. The Morgan fingerprint density at radius 1 is 0.880 bits per heavy atom. The second-order valence-electron chi connectivity index (χ2n) is 7.94. The summed E-state index contributed by atoms with van der Waals surface area (Å²) in [5.41, 5.74) is 1.17. The zero-order chi connectivity index (χ0) is 17.3. The number of nitrogens with zero attached hydrogens (tertiary/aromatic N) is 1. The maximum absolute atomic E-state index is 10.6. The van der Waals surface area contributed by atoms with Gasteiger partial charge in [0.2, 0.25) is 0 Å². The van der Waals surface area contributed by atoms with Crippen molar-refractivity contribution in [3.8, 4) is 0 Å². The maximum Gasteiger partial charge on any atom is 0.0900 e. The fourth-order valence-electron chi connectivity index (χ4n) is 4.60. The van der Waals surface area contributed by atoms with E-state index >= 15 is 0 Å². The summed E-state index contributed by atoms with van der Waals surface area (Å²) in [5.74, 6) is 0. The Bertz CT molecular complexity index is 448. The molecule has 1 atom stereocenters. The van der Waals surface area contributed by atoms with Crippen molar-refractivity contribution >= 4 is 0 Å². The van der Waals surface area contributed by atoms with Gasteiger partial charge in [0.1, 0.15) is 0 Å². The average molecular weight is 346 g/mol. The normalized spacial score (nSPS) is 21.5. The molecule has 2 saturated carbocycles. The molecule has 0 bridgehead atoms. The van der Waals surface area contributed by atoms with Crippen molar-refractivity contribution < 1.29 is 9.84 Å². The highest BCUT2D eigenvalue weighted by Gasteiger charge is 2.30. The van der Waals surface area contributed by atoms with Gasteiger partial charge in [0.25, 0.3) is 0 Å². The minimum absolute atomic E-state index is 0.382. The summed E-state index contributed by atoms with van der Waals surface area (Å²) in [4.78, 5) is 2.66. The molecule has 3 rings (SSSR count). The van der Waals surface area contributed by atoms with Crippen molar-refractivity contribution in [1.29, 1.82) is 0 Å². The Morgan fingerprint density at radius 2 is 1.44 bits per heavy atom. The minimum atomic E-state index is -0.382. The summed E-state index contributed by atoms with van der Waals surface area (Å²) in [7, 11) is 0. The van der Waals surface area contributed by atoms with E-state index in [9.17, 15) is 5.11 Å². The van der Waals surface area contributed by atoms with E-state index in [0.29, 0.717) is 25.3 Å². The molecular formula is C22H35NO2. The Hall–Kier alpha value is -0.900. The molecule has 0 amide bonds. The lowest BCUT2D eigenvalue weighted by atomic mass is 9.88. The number of benzene rings is 1. The molecule has 1 aromatic carbocycles. The summed E-state index contributed by atoms with van der Waals surface area (Å²) >= 11 is 0. The Kier molecular flexibility index (Phi) is 7.78. The molecular weight excluding hydrogens is 310 g/mol. The van der Waals surface area contributed by atoms with Crippen LogP contribution in [0.1, 0.15) is 69.8 Å². The van der Waals surface area contributed by atoms with E-state index in [-0.39, 0.29) is 6.10 Å². The molecule has 3 heteroatoms. The van der Waals surface area contributed by atoms with E-state index in [2.05, 4.69) is 17.0 Å². The molecule has 0 unspecified atom stereocenters. The molecule has 0 aromatic heterocycles. The highest BCUT2D eigenvalue weighted by Crippen LogP contribution is 2.30. The molecule has 140 valence electrons. The quantitative estimate of drug-likeness (QED) is 0.751. The zero-order valence-electron chi connectivity index (χ0n) is 15.6. The highest BCUT2D eigenvalue weighted by atomic mass is 16.5. The monoisotopic (exact) mass is 345 g/mol. The van der Waals surface area contributed by atoms with Crippen LogP contribution in [0.15, 0.2) is 30.3 Å². The van der Waals surface area contributed by atoms with Crippen LogP contribution in [-0.2, 0) is 11.3 Å². The van der Waals surface area contributed by atoms with E-state index in [4.69, 9.17) is 4.74 Å². The average Bonchev–Trinajstić information content (AvgIpc) is 2.68. The van der Waals surface area contributed by atoms with Crippen molar-refractivity contribution in [2.75, 3.05) is 13.2 Å². The third-order valence-corrected chi connectivity index (χ3v) is 5.93. The van der Waals surface area contributed by atoms with Crippen molar-refractivity contribution in [1.82, 2.24) is 4.90 Å². The molecule has 3 nitrogen and oxygen atoms in total. The molecule has 0 radical (unpaired) electrons. The van der Waals surface area contributed by atoms with Crippen molar-refractivity contribution in [3.63, 3.8) is 0 Å². The molecule has 2 aliphatic carbocycles. The van der Waals surface area contributed by atoms with Gasteiger partial charge in [0, 0.05) is 18.6 Å². The lowest BCUT2D eigenvalue weighted by Gasteiger charge is -2.42. The van der Waals surface area contributed by atoms with Crippen LogP contribution in [0.2, 0.25) is 0 Å². The predicted octanol–water partition coefficient (Wildman–Crippen LogP) is 4.53. The number of aliphatic hydroxyl groups excluding tert-OH is 1. The van der Waals surface area contributed by atoms with Crippen molar-refractivity contribution in [2.24, 2.45) is 0 Å². The first kappa shape index (κ1) is 18.9. The molecule has 0 spiro atoms. The first-order valence-corrected chi connectivity index (χ1v) is 10.4. The first-order chi connectivity index (χ1) is 12.3. The Balaban J connectivity index is 1.49. The summed E-state index contributed by atoms with van der Waals surface area (Å²) in [5, 5.41) is 10.6. The molecule has 1 N–H and O–H groups in total. The summed E-state index contributed by atoms with van der Waals surface area (Å²) in [6.07, 6.45) is 13.1. The third-order valence-electron chi connectivity index (χ3n) is 5.93. The van der Waals surface area contributed by atoms with Gasteiger partial charge in [-0.05, 0) is 31.2 Å². The summed E-state index contributed by atoms with van der Waals surface area (Å²) in [6, 6.07) is 11.6. The fourth-order valence-corrected chi connectivity index (χ4v) is 4.60. The third kappa shape index (κ3) is 6.09. The van der Waals surface area contributed by atoms with Gasteiger partial charge in [-0.25, -0.2) is 0 Å². The summed E-state index contributed by atoms with van der Waals surface area (Å²) in [6.45, 7) is 1.81. The van der Waals surface area contributed by atoms with Gasteiger partial charge >= 0.3 is 0 Å². The zero-order valence-corrected chi connectivity index (χ0v) is 15.6. The van der Waals surface area contributed by atoms with Crippen LogP contribution in [0.5, 0.6) is 0 Å². The highest BCUT2D eigenvalue weighted by molar-refractivity contribution is 5.13. The van der Waals surface area contributed by atoms with Gasteiger partial charge in [-0.2, -0.15) is 0 Å². The number of hydrogen-bond acceptors (Lipinski definition) is 3. The topological polar surface area (TPSA) is 32.7 Å². The molecule has 0 saturated heterocycles. The standard InChI is InChI=1S/C22H35NO2/c24-22(18-25-17-19-10-4-1-5-11-19)16-23(20-12-6-2-7-13-20)21-14-8-3-9-15-21/h1,4-5,10-11,20-22,24H,2-3,6-9,12-18H2/t22-/m0/s1. The molecule has 0 aliphatic heterocycles. The number of hydrogen-bond donors (Lipinski definition) is 1. The molecule has 25 heavy (non-hydrogen) atoms. The van der Waals surface area contributed by atoms with Gasteiger partial charge < -0.3 is 9.84 Å². The van der Waals surface area contributed by atoms with E-state index in [1.54, 1.807) is 0 Å². The van der Waals surface area contributed by atoms with Crippen LogP contribution in [-0.4, -0.2) is 41.3 Å². The van der Waals surface area contributed by atoms with Gasteiger partial charge in [-0.1, -0.05) is 68.9 Å².